The van der Waals surface area contributed by atoms with Crippen molar-refractivity contribution in [3.8, 4) is 0 Å². The van der Waals surface area contributed by atoms with Crippen LogP contribution in [-0.2, 0) is 0 Å². The van der Waals surface area contributed by atoms with Gasteiger partial charge in [-0.2, -0.15) is 13.2 Å². The van der Waals surface area contributed by atoms with Gasteiger partial charge in [-0.1, -0.05) is 20.8 Å². The minimum Gasteiger partial charge on any atom is -0.390 e. The first-order chi connectivity index (χ1) is 14.8. The number of fused-ring (bicyclic) bond motifs is 5. The monoisotopic (exact) mass is 458 g/mol. The third-order valence-electron chi connectivity index (χ3n) is 11.5. The maximum atomic E-state index is 13.0. The molecule has 0 radical (unpaired) electrons. The molecule has 186 valence electrons. The van der Waals surface area contributed by atoms with Gasteiger partial charge in [0.2, 0.25) is 0 Å². The molecule has 5 heteroatoms. The van der Waals surface area contributed by atoms with Crippen molar-refractivity contribution < 1.29 is 23.4 Å². The van der Waals surface area contributed by atoms with E-state index in [0.29, 0.717) is 29.6 Å². The number of alkyl halides is 3. The van der Waals surface area contributed by atoms with Gasteiger partial charge < -0.3 is 10.2 Å². The standard InChI is InChI=1S/C27H45F3O2/c1-5-26(32)16-15-24(3)19(17-26)8-10-20-21-11-9-18(23(21,2)14-12-22(20)24)7-6-13-25(4,31)27(28,29)30/h18-22,31-32H,5-17H2,1-4H3/t18?,19?,20?,21?,22?,23?,24?,25-,26+/m1/s1. The van der Waals surface area contributed by atoms with E-state index in [1.165, 1.54) is 32.1 Å². The Morgan fingerprint density at radius 2 is 1.59 bits per heavy atom. The molecule has 4 aliphatic carbocycles. The lowest BCUT2D eigenvalue weighted by molar-refractivity contribution is -0.255. The van der Waals surface area contributed by atoms with Crippen LogP contribution in [0.4, 0.5) is 13.2 Å². The molecule has 32 heavy (non-hydrogen) atoms. The van der Waals surface area contributed by atoms with Crippen LogP contribution in [0.5, 0.6) is 0 Å². The second kappa shape index (κ2) is 8.14. The molecular weight excluding hydrogens is 413 g/mol. The third-order valence-corrected chi connectivity index (χ3v) is 11.5. The summed E-state index contributed by atoms with van der Waals surface area (Å²) in [7, 11) is 0. The van der Waals surface area contributed by atoms with Crippen LogP contribution in [0.2, 0.25) is 0 Å². The van der Waals surface area contributed by atoms with Crippen molar-refractivity contribution in [2.24, 2.45) is 40.4 Å². The van der Waals surface area contributed by atoms with Crippen LogP contribution in [0.15, 0.2) is 0 Å². The van der Waals surface area contributed by atoms with E-state index < -0.39 is 17.4 Å². The molecule has 4 rings (SSSR count). The lowest BCUT2D eigenvalue weighted by Gasteiger charge is -2.62. The lowest BCUT2D eigenvalue weighted by atomic mass is 9.43. The maximum Gasteiger partial charge on any atom is 0.416 e. The van der Waals surface area contributed by atoms with Gasteiger partial charge in [-0.05, 0) is 131 Å². The topological polar surface area (TPSA) is 40.5 Å². The van der Waals surface area contributed by atoms with Gasteiger partial charge in [0.25, 0.3) is 0 Å². The molecule has 0 aromatic rings. The number of hydrogen-bond donors (Lipinski definition) is 2. The molecule has 0 spiro atoms. The molecular formula is C27H45F3O2. The first kappa shape index (κ1) is 24.8. The highest BCUT2D eigenvalue weighted by atomic mass is 19.4. The van der Waals surface area contributed by atoms with E-state index in [1.54, 1.807) is 0 Å². The maximum absolute atomic E-state index is 13.0. The quantitative estimate of drug-likeness (QED) is 0.455. The fourth-order valence-corrected chi connectivity index (χ4v) is 9.06. The van der Waals surface area contributed by atoms with Gasteiger partial charge >= 0.3 is 6.18 Å². The van der Waals surface area contributed by atoms with E-state index in [9.17, 15) is 23.4 Å². The number of rotatable bonds is 5. The first-order valence-electron chi connectivity index (χ1n) is 13.3. The normalized spacial score (nSPS) is 48.5. The van der Waals surface area contributed by atoms with E-state index >= 15 is 0 Å². The van der Waals surface area contributed by atoms with Crippen molar-refractivity contribution in [2.45, 2.75) is 129 Å². The zero-order valence-corrected chi connectivity index (χ0v) is 20.6. The summed E-state index contributed by atoms with van der Waals surface area (Å²) in [4.78, 5) is 0. The summed E-state index contributed by atoms with van der Waals surface area (Å²) in [6, 6.07) is 0. The Balaban J connectivity index is 1.42. The molecule has 9 atom stereocenters. The third kappa shape index (κ3) is 3.95. The summed E-state index contributed by atoms with van der Waals surface area (Å²) in [6.07, 6.45) is 7.69. The number of halogens is 3. The highest BCUT2D eigenvalue weighted by molar-refractivity contribution is 5.10. The first-order valence-corrected chi connectivity index (χ1v) is 13.3. The molecule has 7 unspecified atom stereocenters. The smallest absolute Gasteiger partial charge is 0.390 e. The Hall–Kier alpha value is -0.290. The highest BCUT2D eigenvalue weighted by Crippen LogP contribution is 2.68. The molecule has 0 amide bonds. The Morgan fingerprint density at radius 3 is 2.25 bits per heavy atom. The molecule has 0 heterocycles. The van der Waals surface area contributed by atoms with Gasteiger partial charge in [-0.15, -0.1) is 0 Å². The number of hydrogen-bond acceptors (Lipinski definition) is 2. The average Bonchev–Trinajstić information content (AvgIpc) is 3.04. The molecule has 4 saturated carbocycles. The van der Waals surface area contributed by atoms with E-state index in [2.05, 4.69) is 20.8 Å². The Bertz CT molecular complexity index is 691. The van der Waals surface area contributed by atoms with Crippen molar-refractivity contribution in [1.29, 1.82) is 0 Å². The van der Waals surface area contributed by atoms with Crippen molar-refractivity contribution in [3.63, 3.8) is 0 Å². The van der Waals surface area contributed by atoms with Gasteiger partial charge in [0.1, 0.15) is 0 Å². The van der Waals surface area contributed by atoms with E-state index in [4.69, 9.17) is 0 Å². The predicted octanol–water partition coefficient (Wildman–Crippen LogP) is 7.27. The van der Waals surface area contributed by atoms with E-state index in [-0.39, 0.29) is 11.8 Å². The summed E-state index contributed by atoms with van der Waals surface area (Å²) < 4.78 is 39.1. The highest BCUT2D eigenvalue weighted by Gasteiger charge is 2.61. The number of aliphatic hydroxyl groups is 2. The largest absolute Gasteiger partial charge is 0.416 e. The summed E-state index contributed by atoms with van der Waals surface area (Å²) in [5.41, 5.74) is -2.45. The second-order valence-corrected chi connectivity index (χ2v) is 12.9. The SMILES string of the molecule is CC[C@]1(O)CCC2(C)C(CCC3C4CCC(CCC[C@@](C)(O)C(F)(F)F)C4(C)CCC32)C1. The molecule has 0 aromatic heterocycles. The van der Waals surface area contributed by atoms with Crippen LogP contribution in [0.1, 0.15) is 111 Å². The van der Waals surface area contributed by atoms with Crippen molar-refractivity contribution in [1.82, 2.24) is 0 Å². The van der Waals surface area contributed by atoms with Crippen molar-refractivity contribution in [2.75, 3.05) is 0 Å². The van der Waals surface area contributed by atoms with Crippen LogP contribution in [0.3, 0.4) is 0 Å². The van der Waals surface area contributed by atoms with Gasteiger partial charge in [-0.25, -0.2) is 0 Å². The van der Waals surface area contributed by atoms with Gasteiger partial charge in [-0.3, -0.25) is 0 Å². The Labute approximate surface area is 192 Å². The molecule has 2 nitrogen and oxygen atoms in total. The molecule has 2 N–H and O–H groups in total. The zero-order chi connectivity index (χ0) is 23.6. The Morgan fingerprint density at radius 1 is 0.906 bits per heavy atom. The average molecular weight is 459 g/mol. The van der Waals surface area contributed by atoms with Gasteiger partial charge in [0, 0.05) is 0 Å². The molecule has 0 saturated heterocycles. The van der Waals surface area contributed by atoms with Crippen LogP contribution < -0.4 is 0 Å². The fraction of sp³-hybridized carbons (Fsp3) is 1.00. The minimum absolute atomic E-state index is 0.195. The minimum atomic E-state index is -4.55. The van der Waals surface area contributed by atoms with E-state index in [1.807, 2.05) is 0 Å². The lowest BCUT2D eigenvalue weighted by Crippen LogP contribution is -2.55. The fourth-order valence-electron chi connectivity index (χ4n) is 9.06. The molecule has 0 aromatic carbocycles. The van der Waals surface area contributed by atoms with Gasteiger partial charge in [0.05, 0.1) is 5.60 Å². The summed E-state index contributed by atoms with van der Waals surface area (Å²) in [6.45, 7) is 7.98. The molecule has 0 aliphatic heterocycles. The van der Waals surface area contributed by atoms with Crippen molar-refractivity contribution in [3.05, 3.63) is 0 Å². The van der Waals surface area contributed by atoms with Gasteiger partial charge in [0.15, 0.2) is 5.60 Å². The summed E-state index contributed by atoms with van der Waals surface area (Å²) >= 11 is 0. The van der Waals surface area contributed by atoms with Crippen LogP contribution in [0, 0.1) is 40.4 Å². The zero-order valence-electron chi connectivity index (χ0n) is 20.6. The van der Waals surface area contributed by atoms with E-state index in [0.717, 1.165) is 57.3 Å². The predicted molar refractivity (Wildman–Crippen MR) is 121 cm³/mol. The van der Waals surface area contributed by atoms with Crippen LogP contribution in [0.25, 0.3) is 0 Å². The molecule has 4 fully saturated rings. The Kier molecular flexibility index (Phi) is 6.31. The van der Waals surface area contributed by atoms with Crippen molar-refractivity contribution >= 4 is 0 Å². The summed E-state index contributed by atoms with van der Waals surface area (Å²) in [5, 5.41) is 20.8. The molecule has 0 bridgehead atoms. The van der Waals surface area contributed by atoms with Crippen LogP contribution in [-0.4, -0.2) is 27.6 Å². The molecule has 4 aliphatic rings. The second-order valence-electron chi connectivity index (χ2n) is 12.9. The van der Waals surface area contributed by atoms with Crippen LogP contribution >= 0.6 is 0 Å². The summed E-state index contributed by atoms with van der Waals surface area (Å²) in [5.74, 6) is 3.30.